The molecular formula is C31H25F12N3O2. The fourth-order valence-corrected chi connectivity index (χ4v) is 6.38. The number of alkyl halides is 12. The quantitative estimate of drug-likeness (QED) is 0.207. The van der Waals surface area contributed by atoms with Gasteiger partial charge in [0.1, 0.15) is 11.4 Å². The Morgan fingerprint density at radius 1 is 0.646 bits per heavy atom. The number of benzene rings is 2. The van der Waals surface area contributed by atoms with Gasteiger partial charge in [0.25, 0.3) is 0 Å². The first kappa shape index (κ1) is 35.3. The second-order valence-corrected chi connectivity index (χ2v) is 11.6. The minimum absolute atomic E-state index is 0.0110. The van der Waals surface area contributed by atoms with Crippen LogP contribution in [0, 0.1) is 0 Å². The fraction of sp³-hybridized carbons (Fsp3) is 0.419. The molecule has 1 N–H and O–H groups in total. The first-order valence-corrected chi connectivity index (χ1v) is 14.4. The van der Waals surface area contributed by atoms with Crippen LogP contribution in [0.2, 0.25) is 0 Å². The van der Waals surface area contributed by atoms with E-state index in [1.165, 1.54) is 12.3 Å². The number of aliphatic hydroxyl groups is 1. The normalized spacial score (nSPS) is 18.1. The van der Waals surface area contributed by atoms with Crippen molar-refractivity contribution in [3.8, 4) is 0 Å². The molecule has 2 aromatic carbocycles. The predicted octanol–water partition coefficient (Wildman–Crippen LogP) is 8.47. The number of nitrogens with zero attached hydrogens (tertiary/aromatic N) is 3. The lowest BCUT2D eigenvalue weighted by molar-refractivity contribution is -0.144. The van der Waals surface area contributed by atoms with Crippen LogP contribution < -0.4 is 9.80 Å². The molecule has 0 radical (unpaired) electrons. The van der Waals surface area contributed by atoms with Gasteiger partial charge in [-0.05, 0) is 79.3 Å². The van der Waals surface area contributed by atoms with Crippen molar-refractivity contribution in [3.63, 3.8) is 0 Å². The van der Waals surface area contributed by atoms with Gasteiger partial charge in [0.15, 0.2) is 6.29 Å². The smallest absolute Gasteiger partial charge is 0.378 e. The number of pyridine rings is 1. The summed E-state index contributed by atoms with van der Waals surface area (Å²) in [6.07, 6.45) is -19.1. The maximum absolute atomic E-state index is 14.0. The molecule has 3 heterocycles. The second-order valence-electron chi connectivity index (χ2n) is 11.6. The molecule has 260 valence electrons. The van der Waals surface area contributed by atoms with Crippen LogP contribution in [0.15, 0.2) is 48.7 Å². The Kier molecular flexibility index (Phi) is 8.93. The highest BCUT2D eigenvalue weighted by molar-refractivity contribution is 5.91. The van der Waals surface area contributed by atoms with E-state index >= 15 is 0 Å². The van der Waals surface area contributed by atoms with Crippen molar-refractivity contribution in [3.05, 3.63) is 87.6 Å². The third-order valence-electron chi connectivity index (χ3n) is 8.57. The van der Waals surface area contributed by atoms with E-state index in [2.05, 4.69) is 4.98 Å². The number of hydrogen-bond donors (Lipinski definition) is 1. The molecule has 5 nitrogen and oxygen atoms in total. The molecule has 0 saturated carbocycles. The lowest BCUT2D eigenvalue weighted by Gasteiger charge is -2.42. The summed E-state index contributed by atoms with van der Waals surface area (Å²) in [4.78, 5) is 19.5. The van der Waals surface area contributed by atoms with Crippen LogP contribution in [0.4, 0.5) is 64.2 Å². The number of rotatable bonds is 6. The Bertz CT molecular complexity index is 1540. The molecule has 0 amide bonds. The lowest BCUT2D eigenvalue weighted by Crippen LogP contribution is -2.49. The maximum Gasteiger partial charge on any atom is 0.416 e. The number of carbonyl (C=O) groups is 1. The van der Waals surface area contributed by atoms with Crippen molar-refractivity contribution in [1.29, 1.82) is 0 Å². The molecule has 2 aliphatic heterocycles. The van der Waals surface area contributed by atoms with Crippen LogP contribution in [-0.2, 0) is 30.3 Å². The van der Waals surface area contributed by atoms with E-state index in [1.807, 2.05) is 4.90 Å². The molecule has 1 aromatic heterocycles. The Morgan fingerprint density at radius 2 is 1.06 bits per heavy atom. The summed E-state index contributed by atoms with van der Waals surface area (Å²) < 4.78 is 168. The zero-order chi connectivity index (χ0) is 35.4. The molecule has 2 saturated heterocycles. The molecule has 48 heavy (non-hydrogen) atoms. The standard InChI is InChI=1S/C31H25F12N3O2/c32-28(33,34)19-10-17(11-20(14-19)29(35,36)37)27(48,18-12-21(30(38,39)40)15-22(13-18)31(41,42)43)25-4-3-9-46(25)26-23(16-47)24(5-6-44-26)45-7-1-2-8-45/h5-6,10-16,25,48H,1-4,7-9H2/t25-/m0/s1. The first-order chi connectivity index (χ1) is 22.2. The predicted molar refractivity (Wildman–Crippen MR) is 147 cm³/mol. The van der Waals surface area contributed by atoms with Crippen molar-refractivity contribution < 1.29 is 62.6 Å². The second kappa shape index (κ2) is 12.1. The molecule has 3 aromatic rings. The molecule has 0 bridgehead atoms. The lowest BCUT2D eigenvalue weighted by atomic mass is 9.76. The zero-order valence-corrected chi connectivity index (χ0v) is 24.5. The molecule has 17 heteroatoms. The summed E-state index contributed by atoms with van der Waals surface area (Å²) in [6, 6.07) is -0.624. The number of aromatic nitrogens is 1. The summed E-state index contributed by atoms with van der Waals surface area (Å²) in [5.74, 6) is -0.207. The van der Waals surface area contributed by atoms with Gasteiger partial charge in [0, 0.05) is 25.8 Å². The number of halogens is 12. The van der Waals surface area contributed by atoms with Crippen LogP contribution in [0.25, 0.3) is 0 Å². The van der Waals surface area contributed by atoms with Crippen molar-refractivity contribution in [2.75, 3.05) is 29.4 Å². The highest BCUT2D eigenvalue weighted by atomic mass is 19.4. The van der Waals surface area contributed by atoms with Gasteiger partial charge in [-0.2, -0.15) is 52.7 Å². The number of hydrogen-bond acceptors (Lipinski definition) is 5. The van der Waals surface area contributed by atoms with E-state index in [0.29, 0.717) is 25.1 Å². The van der Waals surface area contributed by atoms with Gasteiger partial charge in [-0.3, -0.25) is 4.79 Å². The van der Waals surface area contributed by atoms with E-state index in [9.17, 15) is 62.6 Å². The van der Waals surface area contributed by atoms with Crippen LogP contribution in [0.1, 0.15) is 69.4 Å². The van der Waals surface area contributed by atoms with Gasteiger partial charge >= 0.3 is 24.7 Å². The monoisotopic (exact) mass is 699 g/mol. The minimum Gasteiger partial charge on any atom is -0.378 e. The van der Waals surface area contributed by atoms with Gasteiger partial charge in [-0.1, -0.05) is 0 Å². The molecule has 1 atom stereocenters. The topological polar surface area (TPSA) is 56.7 Å². The molecule has 0 spiro atoms. The van der Waals surface area contributed by atoms with Gasteiger partial charge in [-0.25, -0.2) is 4.98 Å². The highest BCUT2D eigenvalue weighted by Crippen LogP contribution is 2.48. The summed E-state index contributed by atoms with van der Waals surface area (Å²) in [6.45, 7) is 0.875. The fourth-order valence-electron chi connectivity index (χ4n) is 6.38. The van der Waals surface area contributed by atoms with E-state index in [1.54, 1.807) is 0 Å². The summed E-state index contributed by atoms with van der Waals surface area (Å²) in [5, 5.41) is 12.5. The molecule has 0 unspecified atom stereocenters. The van der Waals surface area contributed by atoms with Crippen molar-refractivity contribution in [1.82, 2.24) is 4.98 Å². The maximum atomic E-state index is 14.0. The van der Waals surface area contributed by atoms with Crippen LogP contribution in [0.5, 0.6) is 0 Å². The number of anilines is 2. The van der Waals surface area contributed by atoms with Gasteiger partial charge in [0.2, 0.25) is 0 Å². The zero-order valence-electron chi connectivity index (χ0n) is 24.5. The van der Waals surface area contributed by atoms with Crippen molar-refractivity contribution >= 4 is 17.8 Å². The van der Waals surface area contributed by atoms with Crippen LogP contribution >= 0.6 is 0 Å². The number of carbonyl (C=O) groups excluding carboxylic acids is 1. The summed E-state index contributed by atoms with van der Waals surface area (Å²) >= 11 is 0. The van der Waals surface area contributed by atoms with E-state index < -0.39 is 69.7 Å². The van der Waals surface area contributed by atoms with E-state index in [0.717, 1.165) is 17.7 Å². The summed E-state index contributed by atoms with van der Waals surface area (Å²) in [7, 11) is 0. The summed E-state index contributed by atoms with van der Waals surface area (Å²) in [5.41, 5.74) is -13.5. The van der Waals surface area contributed by atoms with Gasteiger partial charge in [-0.15, -0.1) is 0 Å². The van der Waals surface area contributed by atoms with Crippen LogP contribution in [0.3, 0.4) is 0 Å². The average molecular weight is 700 g/mol. The highest BCUT2D eigenvalue weighted by Gasteiger charge is 2.51. The van der Waals surface area contributed by atoms with Gasteiger partial charge in [0.05, 0.1) is 39.5 Å². The third kappa shape index (κ3) is 6.65. The van der Waals surface area contributed by atoms with E-state index in [-0.39, 0.29) is 67.2 Å². The van der Waals surface area contributed by atoms with Crippen LogP contribution in [-0.4, -0.2) is 42.1 Å². The van der Waals surface area contributed by atoms with Crippen molar-refractivity contribution in [2.24, 2.45) is 0 Å². The molecular weight excluding hydrogens is 674 g/mol. The molecule has 2 aliphatic rings. The first-order valence-electron chi connectivity index (χ1n) is 14.4. The Labute approximate surface area is 264 Å². The Morgan fingerprint density at radius 3 is 1.46 bits per heavy atom. The molecule has 5 rings (SSSR count). The third-order valence-corrected chi connectivity index (χ3v) is 8.57. The largest absolute Gasteiger partial charge is 0.416 e. The Hall–Kier alpha value is -4.02. The number of aldehydes is 1. The molecule has 2 fully saturated rings. The van der Waals surface area contributed by atoms with Gasteiger partial charge < -0.3 is 14.9 Å². The Balaban J connectivity index is 1.84. The minimum atomic E-state index is -5.48. The average Bonchev–Trinajstić information content (AvgIpc) is 3.71. The SMILES string of the molecule is O=Cc1c(N2CCCC2)ccnc1N1CCC[C@H]1C(O)(c1cc(C(F)(F)F)cc(C(F)(F)F)c1)c1cc(C(F)(F)F)cc(C(F)(F)F)c1. The van der Waals surface area contributed by atoms with Crippen molar-refractivity contribution in [2.45, 2.75) is 62.0 Å². The molecule has 0 aliphatic carbocycles. The van der Waals surface area contributed by atoms with E-state index in [4.69, 9.17) is 0 Å².